The molecular formula is C13H19N3O3. The number of nitrogen functional groups attached to an aromatic ring is 1. The van der Waals surface area contributed by atoms with Gasteiger partial charge in [-0.15, -0.1) is 0 Å². The molecular weight excluding hydrogens is 246 g/mol. The zero-order chi connectivity index (χ0) is 13.7. The molecule has 0 aliphatic carbocycles. The predicted molar refractivity (Wildman–Crippen MR) is 71.7 cm³/mol. The largest absolute Gasteiger partial charge is 0.492 e. The average molecular weight is 265 g/mol. The molecule has 104 valence electrons. The van der Waals surface area contributed by atoms with Gasteiger partial charge in [-0.2, -0.15) is 0 Å². The first-order valence-electron chi connectivity index (χ1n) is 6.26. The van der Waals surface area contributed by atoms with E-state index >= 15 is 0 Å². The molecule has 1 unspecified atom stereocenters. The molecule has 0 saturated carbocycles. The quantitative estimate of drug-likeness (QED) is 0.722. The molecule has 0 radical (unpaired) electrons. The molecule has 1 heterocycles. The van der Waals surface area contributed by atoms with Crippen LogP contribution in [0.1, 0.15) is 0 Å². The van der Waals surface area contributed by atoms with E-state index in [0.29, 0.717) is 38.6 Å². The maximum Gasteiger partial charge on any atom is 0.237 e. The van der Waals surface area contributed by atoms with Crippen molar-refractivity contribution in [3.63, 3.8) is 0 Å². The maximum atomic E-state index is 11.3. The zero-order valence-electron chi connectivity index (χ0n) is 10.7. The van der Waals surface area contributed by atoms with Crippen molar-refractivity contribution in [3.8, 4) is 5.75 Å². The summed E-state index contributed by atoms with van der Waals surface area (Å²) in [7, 11) is 0. The minimum atomic E-state index is -0.363. The van der Waals surface area contributed by atoms with E-state index in [-0.39, 0.29) is 11.9 Å². The molecule has 1 aliphatic heterocycles. The Morgan fingerprint density at radius 2 is 2.37 bits per heavy atom. The number of rotatable bonds is 5. The minimum absolute atomic E-state index is 0.355. The molecule has 1 atom stereocenters. The average Bonchev–Trinajstić information content (AvgIpc) is 2.39. The highest BCUT2D eigenvalue weighted by atomic mass is 16.5. The molecule has 0 spiro atoms. The normalized spacial score (nSPS) is 20.1. The van der Waals surface area contributed by atoms with Crippen molar-refractivity contribution in [3.05, 3.63) is 24.3 Å². The topological polar surface area (TPSA) is 90.8 Å². The lowest BCUT2D eigenvalue weighted by atomic mass is 10.2. The van der Waals surface area contributed by atoms with Gasteiger partial charge in [0.1, 0.15) is 18.4 Å². The highest BCUT2D eigenvalue weighted by Crippen LogP contribution is 2.14. The number of primary amides is 1. The first-order chi connectivity index (χ1) is 9.16. The van der Waals surface area contributed by atoms with E-state index in [1.165, 1.54) is 0 Å². The van der Waals surface area contributed by atoms with Gasteiger partial charge in [-0.1, -0.05) is 6.07 Å². The second-order valence-electron chi connectivity index (χ2n) is 4.45. The summed E-state index contributed by atoms with van der Waals surface area (Å²) in [5.74, 6) is 0.368. The standard InChI is InChI=1S/C13H19N3O3/c14-10-2-1-3-11(8-10)19-7-5-16-4-6-18-9-12(16)13(15)17/h1-3,8,12H,4-7,9,14H2,(H2,15,17). The predicted octanol–water partition coefficient (Wildman–Crippen LogP) is -0.166. The van der Waals surface area contributed by atoms with Gasteiger partial charge in [0.25, 0.3) is 0 Å². The number of morpholine rings is 1. The van der Waals surface area contributed by atoms with E-state index in [2.05, 4.69) is 0 Å². The summed E-state index contributed by atoms with van der Waals surface area (Å²) in [6.45, 7) is 2.77. The number of carbonyl (C=O) groups excluding carboxylic acids is 1. The second-order valence-corrected chi connectivity index (χ2v) is 4.45. The van der Waals surface area contributed by atoms with Crippen LogP contribution in [-0.4, -0.2) is 49.8 Å². The van der Waals surface area contributed by atoms with Gasteiger partial charge in [0.15, 0.2) is 0 Å². The summed E-state index contributed by atoms with van der Waals surface area (Å²) in [4.78, 5) is 13.3. The van der Waals surface area contributed by atoms with Gasteiger partial charge in [-0.25, -0.2) is 0 Å². The lowest BCUT2D eigenvalue weighted by Crippen LogP contribution is -2.53. The number of carbonyl (C=O) groups is 1. The first kappa shape index (κ1) is 13.6. The fraction of sp³-hybridized carbons (Fsp3) is 0.462. The Bertz CT molecular complexity index is 439. The minimum Gasteiger partial charge on any atom is -0.492 e. The molecule has 0 aromatic heterocycles. The van der Waals surface area contributed by atoms with Crippen LogP contribution in [0.4, 0.5) is 5.69 Å². The first-order valence-corrected chi connectivity index (χ1v) is 6.26. The summed E-state index contributed by atoms with van der Waals surface area (Å²) in [5, 5.41) is 0. The van der Waals surface area contributed by atoms with Crippen LogP contribution in [0.5, 0.6) is 5.75 Å². The third-order valence-corrected chi connectivity index (χ3v) is 3.07. The van der Waals surface area contributed by atoms with Gasteiger partial charge >= 0.3 is 0 Å². The van der Waals surface area contributed by atoms with Crippen molar-refractivity contribution in [2.75, 3.05) is 38.6 Å². The third-order valence-electron chi connectivity index (χ3n) is 3.07. The van der Waals surface area contributed by atoms with Crippen molar-refractivity contribution in [1.29, 1.82) is 0 Å². The molecule has 6 heteroatoms. The molecule has 1 amide bonds. The molecule has 1 aromatic carbocycles. The summed E-state index contributed by atoms with van der Waals surface area (Å²) in [6, 6.07) is 6.90. The van der Waals surface area contributed by atoms with Crippen molar-refractivity contribution in [2.24, 2.45) is 5.73 Å². The van der Waals surface area contributed by atoms with Crippen LogP contribution < -0.4 is 16.2 Å². The Labute approximate surface area is 112 Å². The molecule has 1 aromatic rings. The molecule has 1 saturated heterocycles. The number of nitrogens with zero attached hydrogens (tertiary/aromatic N) is 1. The van der Waals surface area contributed by atoms with E-state index in [1.807, 2.05) is 17.0 Å². The summed E-state index contributed by atoms with van der Waals surface area (Å²) in [6.07, 6.45) is 0. The summed E-state index contributed by atoms with van der Waals surface area (Å²) < 4.78 is 10.9. The summed E-state index contributed by atoms with van der Waals surface area (Å²) >= 11 is 0. The molecule has 19 heavy (non-hydrogen) atoms. The summed E-state index contributed by atoms with van der Waals surface area (Å²) in [5.41, 5.74) is 11.7. The maximum absolute atomic E-state index is 11.3. The lowest BCUT2D eigenvalue weighted by molar-refractivity contribution is -0.129. The van der Waals surface area contributed by atoms with Gasteiger partial charge in [0, 0.05) is 24.8 Å². The van der Waals surface area contributed by atoms with Crippen LogP contribution in [-0.2, 0) is 9.53 Å². The number of ether oxygens (including phenoxy) is 2. The Morgan fingerprint density at radius 3 is 3.11 bits per heavy atom. The van der Waals surface area contributed by atoms with Crippen LogP contribution in [0, 0.1) is 0 Å². The highest BCUT2D eigenvalue weighted by molar-refractivity contribution is 5.80. The highest BCUT2D eigenvalue weighted by Gasteiger charge is 2.27. The van der Waals surface area contributed by atoms with Crippen LogP contribution in [0.25, 0.3) is 0 Å². The van der Waals surface area contributed by atoms with E-state index < -0.39 is 0 Å². The number of anilines is 1. The van der Waals surface area contributed by atoms with Crippen molar-refractivity contribution < 1.29 is 14.3 Å². The molecule has 1 aliphatic rings. The van der Waals surface area contributed by atoms with Crippen LogP contribution in [0.3, 0.4) is 0 Å². The number of amides is 1. The SMILES string of the molecule is NC(=O)C1COCCN1CCOc1cccc(N)c1. The van der Waals surface area contributed by atoms with Crippen LogP contribution in [0.15, 0.2) is 24.3 Å². The smallest absolute Gasteiger partial charge is 0.237 e. The molecule has 0 bridgehead atoms. The number of benzene rings is 1. The number of nitrogens with two attached hydrogens (primary N) is 2. The van der Waals surface area contributed by atoms with Crippen molar-refractivity contribution in [2.45, 2.75) is 6.04 Å². The third kappa shape index (κ3) is 3.84. The van der Waals surface area contributed by atoms with Crippen molar-refractivity contribution >= 4 is 11.6 Å². The number of hydrogen-bond donors (Lipinski definition) is 2. The zero-order valence-corrected chi connectivity index (χ0v) is 10.7. The molecule has 1 fully saturated rings. The number of hydrogen-bond acceptors (Lipinski definition) is 5. The molecule has 2 rings (SSSR count). The Hall–Kier alpha value is -1.79. The van der Waals surface area contributed by atoms with Gasteiger partial charge in [0.05, 0.1) is 13.2 Å². The monoisotopic (exact) mass is 265 g/mol. The van der Waals surface area contributed by atoms with Crippen LogP contribution in [0.2, 0.25) is 0 Å². The van der Waals surface area contributed by atoms with Gasteiger partial charge in [-0.05, 0) is 12.1 Å². The van der Waals surface area contributed by atoms with E-state index in [9.17, 15) is 4.79 Å². The van der Waals surface area contributed by atoms with Gasteiger partial charge in [0.2, 0.25) is 5.91 Å². The van der Waals surface area contributed by atoms with Crippen LogP contribution >= 0.6 is 0 Å². The van der Waals surface area contributed by atoms with Gasteiger partial charge < -0.3 is 20.9 Å². The molecule has 4 N–H and O–H groups in total. The Morgan fingerprint density at radius 1 is 1.53 bits per heavy atom. The molecule has 6 nitrogen and oxygen atoms in total. The fourth-order valence-corrected chi connectivity index (χ4v) is 2.05. The van der Waals surface area contributed by atoms with E-state index in [4.69, 9.17) is 20.9 Å². The van der Waals surface area contributed by atoms with E-state index in [0.717, 1.165) is 5.75 Å². The second kappa shape index (κ2) is 6.40. The van der Waals surface area contributed by atoms with E-state index in [1.54, 1.807) is 12.1 Å². The fourth-order valence-electron chi connectivity index (χ4n) is 2.05. The Kier molecular flexibility index (Phi) is 4.59. The lowest BCUT2D eigenvalue weighted by Gasteiger charge is -2.33. The van der Waals surface area contributed by atoms with Crippen molar-refractivity contribution in [1.82, 2.24) is 4.90 Å². The Balaban J connectivity index is 1.82. The van der Waals surface area contributed by atoms with Gasteiger partial charge in [-0.3, -0.25) is 9.69 Å².